The molecule has 3 nitrogen and oxygen atoms in total. The molecule has 0 fully saturated rings. The van der Waals surface area contributed by atoms with Gasteiger partial charge in [-0.25, -0.2) is 8.78 Å². The average molecular weight is 280 g/mol. The summed E-state index contributed by atoms with van der Waals surface area (Å²) in [7, 11) is 0. The Labute approximate surface area is 93.0 Å². The minimum absolute atomic E-state index is 0.255. The maximum atomic E-state index is 13.2. The molecule has 15 heavy (non-hydrogen) atoms. The highest BCUT2D eigenvalue weighted by Gasteiger charge is 2.18. The number of carboxylic acid groups (broad SMARTS) is 1. The Balaban J connectivity index is 3.00. The predicted octanol–water partition coefficient (Wildman–Crippen LogP) is 1.68. The summed E-state index contributed by atoms with van der Waals surface area (Å²) in [5.41, 5.74) is 4.87. The van der Waals surface area contributed by atoms with Crippen LogP contribution in [0.4, 0.5) is 8.78 Å². The molecule has 0 saturated heterocycles. The zero-order chi connectivity index (χ0) is 11.6. The molecule has 0 aliphatic carbocycles. The standard InChI is InChI=1S/C9H8BrF2NO2/c10-4-1-6(11)5(7(12)2-4)3-8(13)9(14)15/h1-2,8H,3,13H2,(H,14,15)/t8-/m1/s1. The average Bonchev–Trinajstić information content (AvgIpc) is 2.10. The van der Waals surface area contributed by atoms with Gasteiger partial charge in [0.2, 0.25) is 0 Å². The van der Waals surface area contributed by atoms with Crippen molar-refractivity contribution in [2.75, 3.05) is 0 Å². The lowest BCUT2D eigenvalue weighted by Crippen LogP contribution is -2.32. The van der Waals surface area contributed by atoms with E-state index in [9.17, 15) is 13.6 Å². The second-order valence-corrected chi connectivity index (χ2v) is 3.91. The molecule has 0 spiro atoms. The molecule has 0 aliphatic heterocycles. The van der Waals surface area contributed by atoms with Gasteiger partial charge in [0.25, 0.3) is 0 Å². The monoisotopic (exact) mass is 279 g/mol. The molecule has 0 saturated carbocycles. The molecule has 1 aromatic rings. The summed E-state index contributed by atoms with van der Waals surface area (Å²) < 4.78 is 26.7. The van der Waals surface area contributed by atoms with Gasteiger partial charge in [0.15, 0.2) is 0 Å². The molecular formula is C9H8BrF2NO2. The van der Waals surface area contributed by atoms with E-state index < -0.39 is 23.6 Å². The van der Waals surface area contributed by atoms with Crippen LogP contribution in [0.5, 0.6) is 0 Å². The van der Waals surface area contributed by atoms with Gasteiger partial charge in [-0.05, 0) is 12.1 Å². The molecule has 6 heteroatoms. The van der Waals surface area contributed by atoms with E-state index in [4.69, 9.17) is 10.8 Å². The molecular weight excluding hydrogens is 272 g/mol. The lowest BCUT2D eigenvalue weighted by atomic mass is 10.1. The van der Waals surface area contributed by atoms with Crippen molar-refractivity contribution in [3.05, 3.63) is 33.8 Å². The van der Waals surface area contributed by atoms with Crippen molar-refractivity contribution >= 4 is 21.9 Å². The van der Waals surface area contributed by atoms with Crippen LogP contribution in [0.15, 0.2) is 16.6 Å². The lowest BCUT2D eigenvalue weighted by Gasteiger charge is -2.08. The third-order valence-corrected chi connectivity index (χ3v) is 2.30. The van der Waals surface area contributed by atoms with Gasteiger partial charge >= 0.3 is 5.97 Å². The van der Waals surface area contributed by atoms with E-state index in [0.717, 1.165) is 12.1 Å². The number of halogens is 3. The number of hydrogen-bond donors (Lipinski definition) is 2. The Morgan fingerprint density at radius 1 is 1.47 bits per heavy atom. The Morgan fingerprint density at radius 2 is 1.93 bits per heavy atom. The van der Waals surface area contributed by atoms with Crippen LogP contribution in [-0.2, 0) is 11.2 Å². The molecule has 0 amide bonds. The second-order valence-electron chi connectivity index (χ2n) is 3.00. The minimum Gasteiger partial charge on any atom is -0.480 e. The first-order chi connectivity index (χ1) is 6.91. The number of aliphatic carboxylic acids is 1. The number of carbonyl (C=O) groups is 1. The van der Waals surface area contributed by atoms with E-state index in [2.05, 4.69) is 15.9 Å². The summed E-state index contributed by atoms with van der Waals surface area (Å²) in [6.45, 7) is 0. The van der Waals surface area contributed by atoms with Crippen LogP contribution < -0.4 is 5.73 Å². The van der Waals surface area contributed by atoms with Gasteiger partial charge in [-0.1, -0.05) is 15.9 Å². The Kier molecular flexibility index (Phi) is 3.76. The van der Waals surface area contributed by atoms with Crippen molar-refractivity contribution in [1.82, 2.24) is 0 Å². The van der Waals surface area contributed by atoms with E-state index in [1.807, 2.05) is 0 Å². The Bertz CT molecular complexity index is 375. The number of carboxylic acids is 1. The molecule has 1 rings (SSSR count). The topological polar surface area (TPSA) is 63.3 Å². The second kappa shape index (κ2) is 4.67. The summed E-state index contributed by atoms with van der Waals surface area (Å²) in [6.07, 6.45) is -0.375. The van der Waals surface area contributed by atoms with Gasteiger partial charge in [-0.3, -0.25) is 4.79 Å². The van der Waals surface area contributed by atoms with Crippen molar-refractivity contribution in [2.24, 2.45) is 5.73 Å². The van der Waals surface area contributed by atoms with Crippen molar-refractivity contribution in [2.45, 2.75) is 12.5 Å². The fourth-order valence-electron chi connectivity index (χ4n) is 1.07. The van der Waals surface area contributed by atoms with Crippen LogP contribution in [0.2, 0.25) is 0 Å². The van der Waals surface area contributed by atoms with Crippen molar-refractivity contribution in [3.63, 3.8) is 0 Å². The minimum atomic E-state index is -1.31. The van der Waals surface area contributed by atoms with Gasteiger partial charge in [0, 0.05) is 16.5 Å². The van der Waals surface area contributed by atoms with Crippen LogP contribution in [0.3, 0.4) is 0 Å². The number of hydrogen-bond acceptors (Lipinski definition) is 2. The SMILES string of the molecule is N[C@H](Cc1c(F)cc(Br)cc1F)C(=O)O. The zero-order valence-corrected chi connectivity index (χ0v) is 9.09. The quantitative estimate of drug-likeness (QED) is 0.885. The number of nitrogens with two attached hydrogens (primary N) is 1. The maximum absolute atomic E-state index is 13.2. The summed E-state index contributed by atoms with van der Waals surface area (Å²) in [5, 5.41) is 8.50. The van der Waals surface area contributed by atoms with E-state index in [1.54, 1.807) is 0 Å². The normalized spacial score (nSPS) is 12.5. The molecule has 0 bridgehead atoms. The fourth-order valence-corrected chi connectivity index (χ4v) is 1.48. The molecule has 0 radical (unpaired) electrons. The summed E-state index contributed by atoms with van der Waals surface area (Å²) in [6, 6.07) is 0.815. The molecule has 1 aromatic carbocycles. The highest BCUT2D eigenvalue weighted by Crippen LogP contribution is 2.20. The largest absolute Gasteiger partial charge is 0.480 e. The van der Waals surface area contributed by atoms with Gasteiger partial charge in [0.1, 0.15) is 17.7 Å². The Hall–Kier alpha value is -1.01. The number of benzene rings is 1. The highest BCUT2D eigenvalue weighted by molar-refractivity contribution is 9.10. The van der Waals surface area contributed by atoms with Gasteiger partial charge in [0.05, 0.1) is 0 Å². The predicted molar refractivity (Wildman–Crippen MR) is 53.4 cm³/mol. The van der Waals surface area contributed by atoms with E-state index in [-0.39, 0.29) is 16.5 Å². The van der Waals surface area contributed by atoms with Crippen molar-refractivity contribution < 1.29 is 18.7 Å². The Morgan fingerprint density at radius 3 is 2.33 bits per heavy atom. The summed E-state index contributed by atoms with van der Waals surface area (Å²) in [4.78, 5) is 10.4. The highest BCUT2D eigenvalue weighted by atomic mass is 79.9. The van der Waals surface area contributed by atoms with Crippen molar-refractivity contribution in [3.8, 4) is 0 Å². The third-order valence-electron chi connectivity index (χ3n) is 1.85. The summed E-state index contributed by atoms with van der Waals surface area (Å²) >= 11 is 2.91. The maximum Gasteiger partial charge on any atom is 0.320 e. The van der Waals surface area contributed by atoms with E-state index >= 15 is 0 Å². The van der Waals surface area contributed by atoms with Crippen LogP contribution in [0, 0.1) is 11.6 Å². The molecule has 82 valence electrons. The molecule has 0 heterocycles. The zero-order valence-electron chi connectivity index (χ0n) is 7.51. The molecule has 0 aliphatic rings. The van der Waals surface area contributed by atoms with Crippen LogP contribution in [0.1, 0.15) is 5.56 Å². The van der Waals surface area contributed by atoms with Crippen molar-refractivity contribution in [1.29, 1.82) is 0 Å². The van der Waals surface area contributed by atoms with Gasteiger partial charge in [-0.2, -0.15) is 0 Å². The number of rotatable bonds is 3. The first-order valence-electron chi connectivity index (χ1n) is 4.03. The molecule has 0 unspecified atom stereocenters. The molecule has 1 atom stereocenters. The van der Waals surface area contributed by atoms with Crippen LogP contribution >= 0.6 is 15.9 Å². The first kappa shape index (κ1) is 12.1. The van der Waals surface area contributed by atoms with Crippen LogP contribution in [-0.4, -0.2) is 17.1 Å². The third kappa shape index (κ3) is 2.97. The van der Waals surface area contributed by atoms with Crippen LogP contribution in [0.25, 0.3) is 0 Å². The molecule has 3 N–H and O–H groups in total. The van der Waals surface area contributed by atoms with Gasteiger partial charge < -0.3 is 10.8 Å². The smallest absolute Gasteiger partial charge is 0.320 e. The fraction of sp³-hybridized carbons (Fsp3) is 0.222. The molecule has 0 aromatic heterocycles. The van der Waals surface area contributed by atoms with E-state index in [1.165, 1.54) is 0 Å². The first-order valence-corrected chi connectivity index (χ1v) is 4.83. The van der Waals surface area contributed by atoms with E-state index in [0.29, 0.717) is 0 Å². The summed E-state index contributed by atoms with van der Waals surface area (Å²) in [5.74, 6) is -2.91. The lowest BCUT2D eigenvalue weighted by molar-refractivity contribution is -0.138. The van der Waals surface area contributed by atoms with Gasteiger partial charge in [-0.15, -0.1) is 0 Å².